The van der Waals surface area contributed by atoms with E-state index in [-0.39, 0.29) is 3.95 Å². The second-order valence-electron chi connectivity index (χ2n) is 1.97. The van der Waals surface area contributed by atoms with Gasteiger partial charge in [0, 0.05) is 0 Å². The third-order valence-corrected chi connectivity index (χ3v) is 3.17. The lowest BCUT2D eigenvalue weighted by Crippen LogP contribution is -2.29. The van der Waals surface area contributed by atoms with Crippen molar-refractivity contribution in [3.05, 3.63) is 3.95 Å². The van der Waals surface area contributed by atoms with Crippen molar-refractivity contribution in [3.63, 3.8) is 0 Å². The minimum absolute atomic E-state index is 0.0740. The molecule has 2 N–H and O–H groups in total. The number of anilines is 1. The average molecular weight is 265 g/mol. The van der Waals surface area contributed by atoms with E-state index in [1.54, 1.807) is 0 Å². The maximum atomic E-state index is 11.8. The zero-order chi connectivity index (χ0) is 11.0. The van der Waals surface area contributed by atoms with Gasteiger partial charge in [0.2, 0.25) is 5.13 Å². The summed E-state index contributed by atoms with van der Waals surface area (Å²) in [4.78, 5) is 0. The Labute approximate surface area is 85.0 Å². The number of sulfonamides is 1. The smallest absolute Gasteiger partial charge is 0.256 e. The lowest BCUT2D eigenvalue weighted by molar-refractivity contribution is -0.0429. The Hall–Kier alpha value is -0.680. The van der Waals surface area contributed by atoms with Crippen molar-refractivity contribution >= 4 is 38.7 Å². The average Bonchev–Trinajstić information content (AvgIpc) is 2.31. The van der Waals surface area contributed by atoms with Crippen LogP contribution in [0.1, 0.15) is 0 Å². The number of rotatable bonds is 2. The molecule has 0 fully saturated rings. The predicted octanol–water partition coefficient (Wildman–Crippen LogP) is 1.46. The molecule has 0 atom stereocenters. The van der Waals surface area contributed by atoms with E-state index in [2.05, 4.69) is 22.4 Å². The Morgan fingerprint density at radius 1 is 1.50 bits per heavy atom. The van der Waals surface area contributed by atoms with E-state index in [4.69, 9.17) is 0 Å². The first kappa shape index (κ1) is 11.4. The van der Waals surface area contributed by atoms with Gasteiger partial charge in [0.1, 0.15) is 0 Å². The standard InChI is InChI=1S/C3H2F3N3O2S3/c4-3(5,6)14(10,11)9-1-7-8-2(12)13-1/h(H,7,9)(H,8,12). The second kappa shape index (κ2) is 3.47. The number of nitrogens with zero attached hydrogens (tertiary/aromatic N) is 1. The molecule has 0 spiro atoms. The summed E-state index contributed by atoms with van der Waals surface area (Å²) in [6.45, 7) is 0. The minimum Gasteiger partial charge on any atom is -0.256 e. The van der Waals surface area contributed by atoms with Crippen LogP contribution in [0.2, 0.25) is 0 Å². The van der Waals surface area contributed by atoms with Crippen LogP contribution in [0.25, 0.3) is 0 Å². The first-order valence-corrected chi connectivity index (χ1v) is 5.58. The van der Waals surface area contributed by atoms with Gasteiger partial charge in [0.15, 0.2) is 3.95 Å². The van der Waals surface area contributed by atoms with Gasteiger partial charge in [-0.25, -0.2) is 4.72 Å². The van der Waals surface area contributed by atoms with Crippen LogP contribution in [-0.4, -0.2) is 24.1 Å². The number of aromatic amines is 1. The molecule has 0 aromatic carbocycles. The van der Waals surface area contributed by atoms with E-state index in [0.29, 0.717) is 11.3 Å². The van der Waals surface area contributed by atoms with E-state index >= 15 is 0 Å². The molecule has 0 saturated heterocycles. The number of nitrogens with one attached hydrogen (secondary N) is 2. The normalized spacial score (nSPS) is 12.8. The summed E-state index contributed by atoms with van der Waals surface area (Å²) in [5.74, 6) is 0. The summed E-state index contributed by atoms with van der Waals surface area (Å²) >= 11 is 5.09. The van der Waals surface area contributed by atoms with Gasteiger partial charge in [-0.1, -0.05) is 11.3 Å². The lowest BCUT2D eigenvalue weighted by atomic mass is 11.3. The van der Waals surface area contributed by atoms with Crippen LogP contribution >= 0.6 is 23.6 Å². The monoisotopic (exact) mass is 265 g/mol. The number of aromatic nitrogens is 2. The maximum absolute atomic E-state index is 11.8. The molecule has 0 aliphatic rings. The zero-order valence-corrected chi connectivity index (χ0v) is 8.57. The van der Waals surface area contributed by atoms with Gasteiger partial charge in [0.05, 0.1) is 0 Å². The quantitative estimate of drug-likeness (QED) is 0.794. The van der Waals surface area contributed by atoms with Gasteiger partial charge in [0.25, 0.3) is 0 Å². The van der Waals surface area contributed by atoms with Gasteiger partial charge in [-0.05, 0) is 12.2 Å². The Kier molecular flexibility index (Phi) is 2.83. The number of halogens is 3. The van der Waals surface area contributed by atoms with Crippen molar-refractivity contribution in [2.45, 2.75) is 5.51 Å². The summed E-state index contributed by atoms with van der Waals surface area (Å²) in [7, 11) is -5.41. The third-order valence-electron chi connectivity index (χ3n) is 0.964. The molecule has 0 amide bonds. The molecule has 11 heteroatoms. The van der Waals surface area contributed by atoms with E-state index in [9.17, 15) is 21.6 Å². The Morgan fingerprint density at radius 3 is 2.43 bits per heavy atom. The largest absolute Gasteiger partial charge is 0.516 e. The van der Waals surface area contributed by atoms with E-state index < -0.39 is 20.7 Å². The molecule has 0 aliphatic heterocycles. The summed E-state index contributed by atoms with van der Waals surface area (Å²) in [6, 6.07) is 0. The predicted molar refractivity (Wildman–Crippen MR) is 45.9 cm³/mol. The fourth-order valence-electron chi connectivity index (χ4n) is 0.446. The molecule has 0 bridgehead atoms. The topological polar surface area (TPSA) is 74.8 Å². The molecule has 0 unspecified atom stereocenters. The second-order valence-corrected chi connectivity index (χ2v) is 5.31. The molecule has 1 aromatic rings. The van der Waals surface area contributed by atoms with Crippen LogP contribution in [0.3, 0.4) is 0 Å². The van der Waals surface area contributed by atoms with Crippen LogP contribution in [0.4, 0.5) is 18.3 Å². The highest BCUT2D eigenvalue weighted by atomic mass is 32.2. The van der Waals surface area contributed by atoms with Gasteiger partial charge >= 0.3 is 15.5 Å². The van der Waals surface area contributed by atoms with Crippen LogP contribution < -0.4 is 4.72 Å². The van der Waals surface area contributed by atoms with E-state index in [1.807, 2.05) is 0 Å². The first-order chi connectivity index (χ1) is 6.22. The molecule has 80 valence electrons. The molecule has 1 rings (SSSR count). The highest BCUT2D eigenvalue weighted by molar-refractivity contribution is 7.93. The van der Waals surface area contributed by atoms with Crippen LogP contribution in [0.5, 0.6) is 0 Å². The number of hydrogen-bond acceptors (Lipinski definition) is 5. The minimum atomic E-state index is -5.41. The number of H-pyrrole nitrogens is 1. The van der Waals surface area contributed by atoms with Gasteiger partial charge < -0.3 is 0 Å². The molecule has 14 heavy (non-hydrogen) atoms. The van der Waals surface area contributed by atoms with Crippen molar-refractivity contribution in [3.8, 4) is 0 Å². The summed E-state index contributed by atoms with van der Waals surface area (Å²) in [5.41, 5.74) is -5.36. The van der Waals surface area contributed by atoms with Crippen LogP contribution in [0, 0.1) is 3.95 Å². The summed E-state index contributed by atoms with van der Waals surface area (Å²) in [6.07, 6.45) is 0. The van der Waals surface area contributed by atoms with E-state index in [1.165, 1.54) is 4.72 Å². The molecular weight excluding hydrogens is 263 g/mol. The Bertz CT molecular complexity index is 471. The van der Waals surface area contributed by atoms with Crippen LogP contribution in [0.15, 0.2) is 0 Å². The number of alkyl halides is 3. The van der Waals surface area contributed by atoms with Crippen molar-refractivity contribution in [2.75, 3.05) is 4.72 Å². The van der Waals surface area contributed by atoms with Crippen LogP contribution in [-0.2, 0) is 10.0 Å². The van der Waals surface area contributed by atoms with Crippen molar-refractivity contribution in [1.82, 2.24) is 10.2 Å². The summed E-state index contributed by atoms with van der Waals surface area (Å²) in [5, 5.41) is 4.89. The lowest BCUT2D eigenvalue weighted by Gasteiger charge is -2.06. The highest BCUT2D eigenvalue weighted by Gasteiger charge is 2.46. The number of hydrogen-bond donors (Lipinski definition) is 2. The molecule has 0 saturated carbocycles. The molecule has 0 radical (unpaired) electrons. The maximum Gasteiger partial charge on any atom is 0.516 e. The molecular formula is C3H2F3N3O2S3. The van der Waals surface area contributed by atoms with Crippen molar-refractivity contribution in [2.24, 2.45) is 0 Å². The fraction of sp³-hybridized carbons (Fsp3) is 0.333. The van der Waals surface area contributed by atoms with Gasteiger partial charge in [-0.15, -0.1) is 5.10 Å². The van der Waals surface area contributed by atoms with Crippen molar-refractivity contribution < 1.29 is 21.6 Å². The fourth-order valence-corrected chi connectivity index (χ4v) is 1.97. The third kappa shape index (κ3) is 2.42. The summed E-state index contributed by atoms with van der Waals surface area (Å²) < 4.78 is 57.8. The van der Waals surface area contributed by atoms with Gasteiger partial charge in [-0.3, -0.25) is 5.10 Å². The Morgan fingerprint density at radius 2 is 2.07 bits per heavy atom. The molecule has 5 nitrogen and oxygen atoms in total. The molecule has 1 heterocycles. The zero-order valence-electron chi connectivity index (χ0n) is 6.12. The van der Waals surface area contributed by atoms with Crippen molar-refractivity contribution in [1.29, 1.82) is 0 Å². The SMILES string of the molecule is O=S(=O)(Nc1n[nH]c(=S)s1)C(F)(F)F. The van der Waals surface area contributed by atoms with E-state index in [0.717, 1.165) is 0 Å². The van der Waals surface area contributed by atoms with Gasteiger partial charge in [-0.2, -0.15) is 21.6 Å². The first-order valence-electron chi connectivity index (χ1n) is 2.87. The molecule has 1 aromatic heterocycles. The molecule has 0 aliphatic carbocycles. The Balaban J connectivity index is 2.96. The highest BCUT2D eigenvalue weighted by Crippen LogP contribution is 2.25.